The molecule has 1 amide bonds. The lowest BCUT2D eigenvalue weighted by molar-refractivity contribution is -0.120. The maximum absolute atomic E-state index is 12.4. The molecule has 0 saturated carbocycles. The minimum Gasteiger partial charge on any atom is -0.369 e. The third-order valence-corrected chi connectivity index (χ3v) is 4.85. The Morgan fingerprint density at radius 3 is 2.79 bits per heavy atom. The number of benzene rings is 2. The molecule has 0 aliphatic rings. The molecule has 2 aromatic heterocycles. The van der Waals surface area contributed by atoms with Gasteiger partial charge in [0.1, 0.15) is 12.1 Å². The zero-order chi connectivity index (χ0) is 20.1. The van der Waals surface area contributed by atoms with Crippen molar-refractivity contribution in [3.05, 3.63) is 60.6 Å². The molecule has 29 heavy (non-hydrogen) atoms. The summed E-state index contributed by atoms with van der Waals surface area (Å²) in [5.41, 5.74) is 1.80. The van der Waals surface area contributed by atoms with E-state index in [0.29, 0.717) is 19.5 Å². The molecule has 0 radical (unpaired) electrons. The third-order valence-electron chi connectivity index (χ3n) is 4.85. The van der Waals surface area contributed by atoms with E-state index < -0.39 is 0 Å². The van der Waals surface area contributed by atoms with Crippen molar-refractivity contribution in [3.63, 3.8) is 0 Å². The van der Waals surface area contributed by atoms with Crippen LogP contribution in [0.5, 0.6) is 0 Å². The summed E-state index contributed by atoms with van der Waals surface area (Å²) in [6, 6.07) is 14.2. The topological polar surface area (TPSA) is 84.7 Å². The van der Waals surface area contributed by atoms with Gasteiger partial charge in [-0.15, -0.1) is 0 Å². The van der Waals surface area contributed by atoms with Gasteiger partial charge in [-0.3, -0.25) is 4.79 Å². The highest BCUT2D eigenvalue weighted by Crippen LogP contribution is 2.19. The molecule has 4 rings (SSSR count). The number of nitrogens with one attached hydrogen (secondary N) is 2. The Bertz CT molecular complexity index is 1130. The molecule has 0 unspecified atom stereocenters. The zero-order valence-electron chi connectivity index (χ0n) is 16.4. The van der Waals surface area contributed by atoms with Crippen LogP contribution in [0.15, 0.2) is 55.0 Å². The molecule has 0 bridgehead atoms. The number of nitrogens with zero attached hydrogens (tertiary/aromatic N) is 4. The second-order valence-corrected chi connectivity index (χ2v) is 6.92. The molecule has 0 fully saturated rings. The minimum atomic E-state index is -0.00209. The molecular formula is C22H24N6O. The Morgan fingerprint density at radius 2 is 1.90 bits per heavy atom. The fourth-order valence-electron chi connectivity index (χ4n) is 3.42. The summed E-state index contributed by atoms with van der Waals surface area (Å²) in [5.74, 6) is 0.792. The number of anilines is 1. The van der Waals surface area contributed by atoms with Gasteiger partial charge in [0.05, 0.1) is 24.5 Å². The number of rotatable bonds is 8. The summed E-state index contributed by atoms with van der Waals surface area (Å²) < 4.78 is 1.80. The Hall–Kier alpha value is -3.48. The first-order valence-corrected chi connectivity index (χ1v) is 9.90. The molecule has 4 aromatic rings. The average molecular weight is 388 g/mol. The largest absolute Gasteiger partial charge is 0.369 e. The van der Waals surface area contributed by atoms with Gasteiger partial charge in [0, 0.05) is 13.1 Å². The van der Waals surface area contributed by atoms with Crippen molar-refractivity contribution in [2.24, 2.45) is 0 Å². The standard InChI is InChI=1S/C22H24N6O/c1-2-10-24-21-19-14-27-28(22(19)26-15-25-21)12-11-23-20(29)13-17-8-5-7-16-6-3-4-9-18(16)17/h3-9,14-15H,2,10-13H2,1H3,(H,23,29)(H,24,25,26). The van der Waals surface area contributed by atoms with Gasteiger partial charge in [0.15, 0.2) is 5.65 Å². The second kappa shape index (κ2) is 8.68. The van der Waals surface area contributed by atoms with Gasteiger partial charge < -0.3 is 10.6 Å². The van der Waals surface area contributed by atoms with E-state index in [1.807, 2.05) is 24.3 Å². The highest BCUT2D eigenvalue weighted by Gasteiger charge is 2.10. The predicted octanol–water partition coefficient (Wildman–Crippen LogP) is 3.16. The first-order chi connectivity index (χ1) is 14.3. The lowest BCUT2D eigenvalue weighted by Gasteiger charge is -2.09. The lowest BCUT2D eigenvalue weighted by atomic mass is 10.0. The quantitative estimate of drug-likeness (QED) is 0.484. The summed E-state index contributed by atoms with van der Waals surface area (Å²) in [6.45, 7) is 3.99. The number of hydrogen-bond donors (Lipinski definition) is 2. The van der Waals surface area contributed by atoms with Gasteiger partial charge in [-0.2, -0.15) is 5.10 Å². The van der Waals surface area contributed by atoms with Gasteiger partial charge in [0.25, 0.3) is 0 Å². The smallest absolute Gasteiger partial charge is 0.224 e. The van der Waals surface area contributed by atoms with Gasteiger partial charge in [-0.05, 0) is 22.8 Å². The maximum Gasteiger partial charge on any atom is 0.224 e. The summed E-state index contributed by atoms with van der Waals surface area (Å²) in [6.07, 6.45) is 4.68. The highest BCUT2D eigenvalue weighted by molar-refractivity contribution is 5.90. The van der Waals surface area contributed by atoms with Crippen LogP contribution in [0, 0.1) is 0 Å². The number of aromatic nitrogens is 4. The van der Waals surface area contributed by atoms with Crippen LogP contribution in [0.2, 0.25) is 0 Å². The van der Waals surface area contributed by atoms with Crippen molar-refractivity contribution in [3.8, 4) is 0 Å². The van der Waals surface area contributed by atoms with Gasteiger partial charge in [0.2, 0.25) is 5.91 Å². The molecular weight excluding hydrogens is 364 g/mol. The van der Waals surface area contributed by atoms with Crippen LogP contribution in [0.1, 0.15) is 18.9 Å². The third kappa shape index (κ3) is 4.18. The van der Waals surface area contributed by atoms with Crippen molar-refractivity contribution in [1.29, 1.82) is 0 Å². The van der Waals surface area contributed by atoms with E-state index in [-0.39, 0.29) is 5.91 Å². The summed E-state index contributed by atoms with van der Waals surface area (Å²) in [5, 5.41) is 13.8. The highest BCUT2D eigenvalue weighted by atomic mass is 16.1. The molecule has 0 aliphatic heterocycles. The number of amides is 1. The molecule has 0 aliphatic carbocycles. The van der Waals surface area contributed by atoms with Crippen molar-refractivity contribution in [1.82, 2.24) is 25.1 Å². The lowest BCUT2D eigenvalue weighted by Crippen LogP contribution is -2.29. The molecule has 148 valence electrons. The molecule has 0 saturated heterocycles. The number of fused-ring (bicyclic) bond motifs is 2. The van der Waals surface area contributed by atoms with E-state index >= 15 is 0 Å². The van der Waals surface area contributed by atoms with Gasteiger partial charge in [-0.25, -0.2) is 14.6 Å². The van der Waals surface area contributed by atoms with E-state index in [1.54, 1.807) is 10.9 Å². The summed E-state index contributed by atoms with van der Waals surface area (Å²) >= 11 is 0. The monoisotopic (exact) mass is 388 g/mol. The summed E-state index contributed by atoms with van der Waals surface area (Å²) in [7, 11) is 0. The van der Waals surface area contributed by atoms with Crippen LogP contribution in [-0.2, 0) is 17.8 Å². The zero-order valence-corrected chi connectivity index (χ0v) is 16.4. The van der Waals surface area contributed by atoms with Gasteiger partial charge in [-0.1, -0.05) is 49.4 Å². The van der Waals surface area contributed by atoms with Crippen LogP contribution in [-0.4, -0.2) is 38.7 Å². The first kappa shape index (κ1) is 18.9. The molecule has 2 N–H and O–H groups in total. The predicted molar refractivity (Wildman–Crippen MR) is 115 cm³/mol. The van der Waals surface area contributed by atoms with Gasteiger partial charge >= 0.3 is 0 Å². The Balaban J connectivity index is 1.38. The number of carbonyl (C=O) groups is 1. The van der Waals surface area contributed by atoms with Crippen molar-refractivity contribution < 1.29 is 4.79 Å². The molecule has 7 heteroatoms. The minimum absolute atomic E-state index is 0.00209. The van der Waals surface area contributed by atoms with E-state index in [9.17, 15) is 4.79 Å². The molecule has 7 nitrogen and oxygen atoms in total. The molecule has 2 heterocycles. The molecule has 0 spiro atoms. The first-order valence-electron chi connectivity index (χ1n) is 9.90. The second-order valence-electron chi connectivity index (χ2n) is 6.92. The van der Waals surface area contributed by atoms with Crippen molar-refractivity contribution in [2.45, 2.75) is 26.3 Å². The number of hydrogen-bond acceptors (Lipinski definition) is 5. The normalized spacial score (nSPS) is 11.1. The van der Waals surface area contributed by atoms with E-state index in [0.717, 1.165) is 46.2 Å². The van der Waals surface area contributed by atoms with E-state index in [2.05, 4.69) is 50.8 Å². The van der Waals surface area contributed by atoms with Crippen LogP contribution in [0.4, 0.5) is 5.82 Å². The fourth-order valence-corrected chi connectivity index (χ4v) is 3.42. The average Bonchev–Trinajstić information content (AvgIpc) is 3.16. The SMILES string of the molecule is CCCNc1ncnc2c1cnn2CCNC(=O)Cc1cccc2ccccc12. The Morgan fingerprint density at radius 1 is 1.03 bits per heavy atom. The fraction of sp³-hybridized carbons (Fsp3) is 0.273. The summed E-state index contributed by atoms with van der Waals surface area (Å²) in [4.78, 5) is 21.1. The van der Waals surface area contributed by atoms with Crippen molar-refractivity contribution in [2.75, 3.05) is 18.4 Å². The van der Waals surface area contributed by atoms with E-state index in [4.69, 9.17) is 0 Å². The van der Waals surface area contributed by atoms with Crippen LogP contribution < -0.4 is 10.6 Å². The molecule has 2 aromatic carbocycles. The van der Waals surface area contributed by atoms with E-state index in [1.165, 1.54) is 6.33 Å². The number of carbonyl (C=O) groups excluding carboxylic acids is 1. The maximum atomic E-state index is 12.4. The van der Waals surface area contributed by atoms with Crippen molar-refractivity contribution >= 4 is 33.5 Å². The van der Waals surface area contributed by atoms with Crippen LogP contribution in [0.25, 0.3) is 21.8 Å². The Labute approximate surface area is 169 Å². The molecule has 0 atom stereocenters. The van der Waals surface area contributed by atoms with Crippen LogP contribution >= 0.6 is 0 Å². The Kier molecular flexibility index (Phi) is 5.65. The van der Waals surface area contributed by atoms with Crippen LogP contribution in [0.3, 0.4) is 0 Å².